The minimum atomic E-state index is -4.20. The largest absolute Gasteiger partial charge is 0.398 e. The fourth-order valence-electron chi connectivity index (χ4n) is 4.73. The van der Waals surface area contributed by atoms with Crippen LogP contribution in [-0.4, -0.2) is 17.7 Å². The average Bonchev–Trinajstić information content (AvgIpc) is 3.32. The van der Waals surface area contributed by atoms with Crippen LogP contribution in [0.2, 0.25) is 0 Å². The highest BCUT2D eigenvalue weighted by atomic mass is 19.4. The van der Waals surface area contributed by atoms with E-state index in [4.69, 9.17) is 0 Å². The van der Waals surface area contributed by atoms with Gasteiger partial charge in [0.1, 0.15) is 11.6 Å². The van der Waals surface area contributed by atoms with Gasteiger partial charge in [-0.25, -0.2) is 0 Å². The summed E-state index contributed by atoms with van der Waals surface area (Å²) < 4.78 is 40.6. The Morgan fingerprint density at radius 3 is 2.50 bits per heavy atom. The zero-order valence-corrected chi connectivity index (χ0v) is 16.5. The standard InChI is InChI=1S/C23H29F3O2/c1-2-5-19(27)15-21(28)18-11-9-16(14-18)8-10-17-6-3-4-7-20(17)22(12-13-22)23(24,25)26/h3-4,6-7,16,18H,2,5,8-15H2,1H3. The van der Waals surface area contributed by atoms with Gasteiger partial charge < -0.3 is 0 Å². The Kier molecular flexibility index (Phi) is 6.31. The maximum Gasteiger partial charge on any atom is 0.398 e. The molecule has 1 aromatic rings. The zero-order chi connectivity index (χ0) is 20.4. The van der Waals surface area contributed by atoms with Gasteiger partial charge in [0.05, 0.1) is 11.8 Å². The molecular formula is C23H29F3O2. The number of alkyl halides is 3. The number of aryl methyl sites for hydroxylation is 1. The summed E-state index contributed by atoms with van der Waals surface area (Å²) >= 11 is 0. The van der Waals surface area contributed by atoms with Crippen LogP contribution in [0.25, 0.3) is 0 Å². The lowest BCUT2D eigenvalue weighted by atomic mass is 9.87. The number of hydrogen-bond acceptors (Lipinski definition) is 2. The van der Waals surface area contributed by atoms with Gasteiger partial charge in [0.25, 0.3) is 0 Å². The van der Waals surface area contributed by atoms with Crippen molar-refractivity contribution in [3.05, 3.63) is 35.4 Å². The highest BCUT2D eigenvalue weighted by Gasteiger charge is 2.64. The maximum atomic E-state index is 13.5. The minimum absolute atomic E-state index is 0.0201. The van der Waals surface area contributed by atoms with Crippen molar-refractivity contribution in [2.45, 2.75) is 82.7 Å². The molecule has 0 saturated heterocycles. The Labute approximate surface area is 164 Å². The molecule has 0 aliphatic heterocycles. The number of rotatable bonds is 9. The van der Waals surface area contributed by atoms with Gasteiger partial charge in [-0.05, 0) is 68.4 Å². The highest BCUT2D eigenvalue weighted by Crippen LogP contribution is 2.59. The van der Waals surface area contributed by atoms with E-state index in [1.807, 2.05) is 19.1 Å². The zero-order valence-electron chi connectivity index (χ0n) is 16.5. The van der Waals surface area contributed by atoms with E-state index in [0.29, 0.717) is 24.3 Å². The number of carbonyl (C=O) groups is 2. The average molecular weight is 394 g/mol. The second-order valence-corrected chi connectivity index (χ2v) is 8.58. The Bertz CT molecular complexity index is 719. The fraction of sp³-hybridized carbons (Fsp3) is 0.652. The SMILES string of the molecule is CCCC(=O)CC(=O)C1CCC(CCc2ccccc2C2(C(F)(F)F)CC2)C1. The molecule has 2 fully saturated rings. The van der Waals surface area contributed by atoms with Crippen molar-refractivity contribution in [3.8, 4) is 0 Å². The molecule has 154 valence electrons. The lowest BCUT2D eigenvalue weighted by Crippen LogP contribution is -2.29. The van der Waals surface area contributed by atoms with Crippen LogP contribution in [0.15, 0.2) is 24.3 Å². The summed E-state index contributed by atoms with van der Waals surface area (Å²) in [6.45, 7) is 1.93. The Balaban J connectivity index is 1.57. The summed E-state index contributed by atoms with van der Waals surface area (Å²) in [7, 11) is 0. The summed E-state index contributed by atoms with van der Waals surface area (Å²) in [6.07, 6.45) is 1.34. The number of halogens is 3. The quantitative estimate of drug-likeness (QED) is 0.485. The summed E-state index contributed by atoms with van der Waals surface area (Å²) in [4.78, 5) is 24.0. The van der Waals surface area contributed by atoms with Gasteiger partial charge in [0.15, 0.2) is 0 Å². The van der Waals surface area contributed by atoms with Crippen molar-refractivity contribution in [2.75, 3.05) is 0 Å². The molecule has 0 amide bonds. The predicted molar refractivity (Wildman–Crippen MR) is 102 cm³/mol. The van der Waals surface area contributed by atoms with E-state index in [1.54, 1.807) is 12.1 Å². The molecule has 2 unspecified atom stereocenters. The first-order valence-corrected chi connectivity index (χ1v) is 10.5. The van der Waals surface area contributed by atoms with Crippen LogP contribution in [0.5, 0.6) is 0 Å². The number of benzene rings is 1. The number of ketones is 2. The molecule has 2 atom stereocenters. The fourth-order valence-corrected chi connectivity index (χ4v) is 4.73. The molecule has 0 aromatic heterocycles. The van der Waals surface area contributed by atoms with Crippen LogP contribution < -0.4 is 0 Å². The molecule has 0 N–H and O–H groups in total. The van der Waals surface area contributed by atoms with E-state index in [2.05, 4.69) is 0 Å². The molecule has 0 radical (unpaired) electrons. The van der Waals surface area contributed by atoms with E-state index in [-0.39, 0.29) is 36.7 Å². The number of hydrogen-bond donors (Lipinski definition) is 0. The lowest BCUT2D eigenvalue weighted by Gasteiger charge is -2.23. The molecule has 0 heterocycles. The van der Waals surface area contributed by atoms with Crippen LogP contribution >= 0.6 is 0 Å². The van der Waals surface area contributed by atoms with Gasteiger partial charge in [-0.15, -0.1) is 0 Å². The predicted octanol–water partition coefficient (Wildman–Crippen LogP) is 5.96. The number of Topliss-reactive ketones (excluding diaryl/α,β-unsaturated/α-hetero) is 2. The monoisotopic (exact) mass is 394 g/mol. The number of carbonyl (C=O) groups excluding carboxylic acids is 2. The van der Waals surface area contributed by atoms with Crippen LogP contribution in [0, 0.1) is 11.8 Å². The van der Waals surface area contributed by atoms with Crippen molar-refractivity contribution >= 4 is 11.6 Å². The third-order valence-electron chi connectivity index (χ3n) is 6.54. The highest BCUT2D eigenvalue weighted by molar-refractivity contribution is 6.00. The van der Waals surface area contributed by atoms with E-state index in [9.17, 15) is 22.8 Å². The van der Waals surface area contributed by atoms with Crippen LogP contribution in [-0.2, 0) is 21.4 Å². The first kappa shape index (κ1) is 21.1. The Morgan fingerprint density at radius 1 is 1.14 bits per heavy atom. The van der Waals surface area contributed by atoms with E-state index in [1.165, 1.54) is 0 Å². The van der Waals surface area contributed by atoms with Crippen molar-refractivity contribution in [1.82, 2.24) is 0 Å². The Hall–Kier alpha value is -1.65. The van der Waals surface area contributed by atoms with Gasteiger partial charge >= 0.3 is 6.18 Å². The van der Waals surface area contributed by atoms with E-state index >= 15 is 0 Å². The van der Waals surface area contributed by atoms with Crippen LogP contribution in [0.3, 0.4) is 0 Å². The van der Waals surface area contributed by atoms with E-state index in [0.717, 1.165) is 37.7 Å². The van der Waals surface area contributed by atoms with E-state index < -0.39 is 11.6 Å². The van der Waals surface area contributed by atoms with Crippen LogP contribution in [0.1, 0.15) is 75.8 Å². The molecule has 3 rings (SSSR count). The normalized spacial score (nSPS) is 23.6. The minimum Gasteiger partial charge on any atom is -0.299 e. The molecule has 1 aromatic carbocycles. The topological polar surface area (TPSA) is 34.1 Å². The smallest absolute Gasteiger partial charge is 0.299 e. The van der Waals surface area contributed by atoms with Crippen molar-refractivity contribution < 1.29 is 22.8 Å². The van der Waals surface area contributed by atoms with Crippen molar-refractivity contribution in [3.63, 3.8) is 0 Å². The maximum absolute atomic E-state index is 13.5. The molecule has 0 bridgehead atoms. The molecule has 5 heteroatoms. The summed E-state index contributed by atoms with van der Waals surface area (Å²) in [5, 5.41) is 0. The van der Waals surface area contributed by atoms with Gasteiger partial charge in [-0.1, -0.05) is 31.2 Å². The van der Waals surface area contributed by atoms with Gasteiger partial charge in [0.2, 0.25) is 0 Å². The van der Waals surface area contributed by atoms with Gasteiger partial charge in [0, 0.05) is 12.3 Å². The molecule has 2 aliphatic rings. The third kappa shape index (κ3) is 4.49. The van der Waals surface area contributed by atoms with Gasteiger partial charge in [-0.2, -0.15) is 13.2 Å². The summed E-state index contributed by atoms with van der Waals surface area (Å²) in [5.74, 6) is 0.373. The first-order valence-electron chi connectivity index (χ1n) is 10.5. The van der Waals surface area contributed by atoms with Gasteiger partial charge in [-0.3, -0.25) is 9.59 Å². The van der Waals surface area contributed by atoms with Crippen LogP contribution in [0.4, 0.5) is 13.2 Å². The third-order valence-corrected chi connectivity index (χ3v) is 6.54. The molecular weight excluding hydrogens is 365 g/mol. The van der Waals surface area contributed by atoms with Crippen molar-refractivity contribution in [2.24, 2.45) is 11.8 Å². The second-order valence-electron chi connectivity index (χ2n) is 8.58. The molecule has 2 saturated carbocycles. The Morgan fingerprint density at radius 2 is 1.86 bits per heavy atom. The molecule has 2 nitrogen and oxygen atoms in total. The summed E-state index contributed by atoms with van der Waals surface area (Å²) in [6, 6.07) is 6.96. The molecule has 2 aliphatic carbocycles. The second kappa shape index (κ2) is 8.38. The van der Waals surface area contributed by atoms with Crippen molar-refractivity contribution in [1.29, 1.82) is 0 Å². The molecule has 0 spiro atoms. The summed E-state index contributed by atoms with van der Waals surface area (Å²) in [5.41, 5.74) is -0.402. The molecule has 28 heavy (non-hydrogen) atoms. The lowest BCUT2D eigenvalue weighted by molar-refractivity contribution is -0.160. The first-order chi connectivity index (χ1) is 13.3.